The first-order valence-corrected chi connectivity index (χ1v) is 11.3. The molecule has 1 radical (unpaired) electrons. The number of hydrogen-bond donors (Lipinski definition) is 0. The van der Waals surface area contributed by atoms with Gasteiger partial charge in [0.2, 0.25) is 0 Å². The van der Waals surface area contributed by atoms with Gasteiger partial charge < -0.3 is 0 Å². The van der Waals surface area contributed by atoms with E-state index >= 15 is 0 Å². The quantitative estimate of drug-likeness (QED) is 0.128. The van der Waals surface area contributed by atoms with E-state index in [0.717, 1.165) is 25.8 Å². The van der Waals surface area contributed by atoms with E-state index in [9.17, 15) is 30.3 Å². The van der Waals surface area contributed by atoms with Crippen LogP contribution in [0.4, 0.5) is 17.1 Å². The second kappa shape index (κ2) is 12.2. The Bertz CT molecular complexity index is 1260. The monoisotopic (exact) mass is 640 g/mol. The molecule has 0 heterocycles. The first-order valence-electron chi connectivity index (χ1n) is 10.2. The van der Waals surface area contributed by atoms with Gasteiger partial charge in [0.25, 0.3) is 17.1 Å². The van der Waals surface area contributed by atoms with Crippen LogP contribution in [-0.2, 0) is 17.1 Å². The molecule has 0 atom stereocenters. The second-order valence-electron chi connectivity index (χ2n) is 7.92. The smallest absolute Gasteiger partial charge is 0.258 e. The van der Waals surface area contributed by atoms with Crippen molar-refractivity contribution in [2.75, 3.05) is 0 Å². The maximum absolute atomic E-state index is 11.4. The Morgan fingerprint density at radius 3 is 1.14 bits per heavy atom. The zero-order valence-electron chi connectivity index (χ0n) is 19.9. The van der Waals surface area contributed by atoms with Crippen LogP contribution in [0.1, 0.15) is 33.4 Å². The van der Waals surface area contributed by atoms with E-state index in [4.69, 9.17) is 0 Å². The number of rotatable bonds is 4. The Kier molecular flexibility index (Phi) is 10.5. The molecule has 0 amide bonds. The zero-order chi connectivity index (χ0) is 25.9. The molecule has 35 heavy (non-hydrogen) atoms. The van der Waals surface area contributed by atoms with Crippen LogP contribution in [0.5, 0.6) is 0 Å². The summed E-state index contributed by atoms with van der Waals surface area (Å²) in [6.07, 6.45) is 0. The summed E-state index contributed by atoms with van der Waals surface area (Å²) in [6.45, 7) is 11.0. The molecule has 0 aliphatic rings. The van der Waals surface area contributed by atoms with Crippen LogP contribution < -0.4 is 0 Å². The topological polar surface area (TPSA) is 129 Å². The summed E-state index contributed by atoms with van der Waals surface area (Å²) >= 11 is 2.00. The normalized spacial score (nSPS) is 10.0. The van der Waals surface area contributed by atoms with Crippen molar-refractivity contribution in [2.24, 2.45) is 0 Å². The summed E-state index contributed by atoms with van der Waals surface area (Å²) in [5.41, 5.74) is 5.80. The average molecular weight is 641 g/mol. The van der Waals surface area contributed by atoms with Crippen molar-refractivity contribution < 1.29 is 31.8 Å². The standard InChI is InChI=1S/C16H16N2O4.C8H8INO2.Cu/c1-9-5-7-13(17(19)20)15(11(9)3)16-12(4)10(2)6-8-14(16)18(21)22;1-5-3-4-7(10(11)12)8(9)6(5)2;/h5-8H,1-4H3;3-4H,1-2H3;. The Morgan fingerprint density at radius 2 is 0.829 bits per heavy atom. The second-order valence-corrected chi connectivity index (χ2v) is 8.99. The number of nitrogens with zero attached hydrogens (tertiary/aromatic N) is 3. The van der Waals surface area contributed by atoms with E-state index in [-0.39, 0.29) is 39.1 Å². The summed E-state index contributed by atoms with van der Waals surface area (Å²) in [7, 11) is 0. The molecule has 3 aromatic rings. The number of halogens is 1. The van der Waals surface area contributed by atoms with Crippen LogP contribution in [0, 0.1) is 75.5 Å². The Morgan fingerprint density at radius 1 is 0.543 bits per heavy atom. The Labute approximate surface area is 227 Å². The molecule has 0 unspecified atom stereocenters. The van der Waals surface area contributed by atoms with E-state index in [0.29, 0.717) is 22.3 Å². The maximum atomic E-state index is 11.4. The van der Waals surface area contributed by atoms with Crippen LogP contribution in [0.3, 0.4) is 0 Å². The van der Waals surface area contributed by atoms with Crippen molar-refractivity contribution in [3.05, 3.63) is 104 Å². The van der Waals surface area contributed by atoms with Crippen LogP contribution in [0.15, 0.2) is 36.4 Å². The molecular formula is C24H24CuIN3O6. The number of benzene rings is 3. The molecule has 0 N–H and O–H groups in total. The molecule has 9 nitrogen and oxygen atoms in total. The third-order valence-electron chi connectivity index (χ3n) is 5.90. The summed E-state index contributed by atoms with van der Waals surface area (Å²) < 4.78 is 0.734. The molecule has 189 valence electrons. The molecule has 0 bridgehead atoms. The summed E-state index contributed by atoms with van der Waals surface area (Å²) in [5.74, 6) is 0. The number of hydrogen-bond acceptors (Lipinski definition) is 6. The summed E-state index contributed by atoms with van der Waals surface area (Å²) in [5, 5.41) is 33.2. The van der Waals surface area contributed by atoms with E-state index < -0.39 is 9.85 Å². The molecule has 0 aliphatic heterocycles. The minimum absolute atomic E-state index is 0. The van der Waals surface area contributed by atoms with E-state index in [1.807, 2.05) is 50.3 Å². The molecule has 0 fully saturated rings. The van der Waals surface area contributed by atoms with Gasteiger partial charge >= 0.3 is 0 Å². The van der Waals surface area contributed by atoms with Crippen molar-refractivity contribution in [3.63, 3.8) is 0 Å². The van der Waals surface area contributed by atoms with Gasteiger partial charge in [-0.15, -0.1) is 0 Å². The van der Waals surface area contributed by atoms with E-state index in [1.54, 1.807) is 38.1 Å². The van der Waals surface area contributed by atoms with Crippen LogP contribution in [0.25, 0.3) is 11.1 Å². The first kappa shape index (κ1) is 30.1. The van der Waals surface area contributed by atoms with Gasteiger partial charge in [-0.05, 0) is 97.5 Å². The third kappa shape index (κ3) is 6.41. The molecule has 11 heteroatoms. The Balaban J connectivity index is 0.000000401. The first-order chi connectivity index (χ1) is 15.8. The molecule has 0 aliphatic carbocycles. The predicted molar refractivity (Wildman–Crippen MR) is 139 cm³/mol. The van der Waals surface area contributed by atoms with Crippen molar-refractivity contribution in [2.45, 2.75) is 41.5 Å². The van der Waals surface area contributed by atoms with Gasteiger partial charge in [-0.2, -0.15) is 0 Å². The van der Waals surface area contributed by atoms with Gasteiger partial charge in [0.15, 0.2) is 0 Å². The molecule has 0 saturated heterocycles. The molecule has 3 rings (SSSR count). The van der Waals surface area contributed by atoms with Gasteiger partial charge in [-0.3, -0.25) is 30.3 Å². The van der Waals surface area contributed by atoms with Gasteiger partial charge in [0, 0.05) is 35.3 Å². The minimum atomic E-state index is -0.493. The maximum Gasteiger partial charge on any atom is 0.282 e. The fourth-order valence-corrected chi connectivity index (χ4v) is 4.25. The Hall–Kier alpha value is -2.89. The number of nitro groups is 3. The van der Waals surface area contributed by atoms with Crippen LogP contribution in [0.2, 0.25) is 0 Å². The largest absolute Gasteiger partial charge is 0.282 e. The molecule has 0 aromatic heterocycles. The fraction of sp³-hybridized carbons (Fsp3) is 0.250. The van der Waals surface area contributed by atoms with Crippen molar-refractivity contribution in [3.8, 4) is 11.1 Å². The van der Waals surface area contributed by atoms with Gasteiger partial charge in [-0.25, -0.2) is 0 Å². The predicted octanol–water partition coefficient (Wildman–Crippen LogP) is 7.22. The summed E-state index contributed by atoms with van der Waals surface area (Å²) in [4.78, 5) is 31.9. The van der Waals surface area contributed by atoms with E-state index in [2.05, 4.69) is 0 Å². The van der Waals surface area contributed by atoms with Crippen molar-refractivity contribution in [1.29, 1.82) is 0 Å². The third-order valence-corrected chi connectivity index (χ3v) is 7.27. The zero-order valence-corrected chi connectivity index (χ0v) is 23.0. The average Bonchev–Trinajstić information content (AvgIpc) is 2.76. The molecule has 0 saturated carbocycles. The van der Waals surface area contributed by atoms with Gasteiger partial charge in [0.1, 0.15) is 0 Å². The molecular weight excluding hydrogens is 617 g/mol. The molecule has 3 aromatic carbocycles. The van der Waals surface area contributed by atoms with Crippen molar-refractivity contribution >= 4 is 39.7 Å². The minimum Gasteiger partial charge on any atom is -0.258 e. The van der Waals surface area contributed by atoms with Crippen LogP contribution in [-0.4, -0.2) is 14.8 Å². The van der Waals surface area contributed by atoms with Gasteiger partial charge in [0.05, 0.1) is 29.5 Å². The van der Waals surface area contributed by atoms with Gasteiger partial charge in [-0.1, -0.05) is 18.2 Å². The number of aryl methyl sites for hydroxylation is 3. The SMILES string of the molecule is Cc1ccc([N+](=O)[O-])c(-c2c([N+](=O)[O-])ccc(C)c2C)c1C.Cc1ccc([N+](=O)[O-])c(I)c1C.[Cu]. The molecule has 0 spiro atoms. The van der Waals surface area contributed by atoms with Crippen molar-refractivity contribution in [1.82, 2.24) is 0 Å². The fourth-order valence-electron chi connectivity index (χ4n) is 3.45. The summed E-state index contributed by atoms with van der Waals surface area (Å²) in [6, 6.07) is 9.45. The number of nitro benzene ring substituents is 3. The van der Waals surface area contributed by atoms with E-state index in [1.165, 1.54) is 12.1 Å². The van der Waals surface area contributed by atoms with Crippen LogP contribution >= 0.6 is 22.6 Å².